The molecule has 0 aliphatic carbocycles. The number of fused-ring (bicyclic) bond motifs is 3. The minimum absolute atomic E-state index is 0.188. The number of anilines is 1. The van der Waals surface area contributed by atoms with Crippen LogP contribution in [0.1, 0.15) is 41.2 Å². The number of rotatable bonds is 4. The number of hydrogen-bond acceptors (Lipinski definition) is 6. The van der Waals surface area contributed by atoms with Crippen LogP contribution in [0.15, 0.2) is 36.4 Å². The number of hydrogen-bond donors (Lipinski definition) is 1. The van der Waals surface area contributed by atoms with Crippen LogP contribution in [0.25, 0.3) is 16.2 Å². The van der Waals surface area contributed by atoms with Crippen molar-refractivity contribution in [1.82, 2.24) is 19.7 Å². The standard InChI is InChI=1S/C23H25N5OS/c1-14-10-15(2)28(27-14)22-25-20(24-12-16-8-6-5-7-9-16)19-17-11-23(3,4)29-13-18(17)30-21(19)26-22/h5-10H,11-13H2,1-4H3,(H,24,25,26). The van der Waals surface area contributed by atoms with Crippen molar-refractivity contribution in [2.24, 2.45) is 0 Å². The molecule has 0 radical (unpaired) electrons. The molecular weight excluding hydrogens is 394 g/mol. The Kier molecular flexibility index (Phi) is 4.60. The van der Waals surface area contributed by atoms with Gasteiger partial charge in [0.15, 0.2) is 0 Å². The Morgan fingerprint density at radius 3 is 2.70 bits per heavy atom. The zero-order valence-electron chi connectivity index (χ0n) is 17.7. The summed E-state index contributed by atoms with van der Waals surface area (Å²) in [6.07, 6.45) is 0.852. The van der Waals surface area contributed by atoms with Crippen LogP contribution >= 0.6 is 11.3 Å². The summed E-state index contributed by atoms with van der Waals surface area (Å²) >= 11 is 1.70. The molecule has 0 atom stereocenters. The molecule has 0 unspecified atom stereocenters. The van der Waals surface area contributed by atoms with Crippen LogP contribution < -0.4 is 5.32 Å². The lowest BCUT2D eigenvalue weighted by Crippen LogP contribution is -2.31. The van der Waals surface area contributed by atoms with E-state index >= 15 is 0 Å². The van der Waals surface area contributed by atoms with Crippen molar-refractivity contribution in [3.05, 3.63) is 63.8 Å². The number of aryl methyl sites for hydroxylation is 2. The van der Waals surface area contributed by atoms with Gasteiger partial charge in [-0.05, 0) is 44.9 Å². The van der Waals surface area contributed by atoms with Crippen LogP contribution in [0.3, 0.4) is 0 Å². The maximum Gasteiger partial charge on any atom is 0.254 e. The van der Waals surface area contributed by atoms with Gasteiger partial charge in [-0.25, -0.2) is 4.68 Å². The van der Waals surface area contributed by atoms with E-state index in [9.17, 15) is 0 Å². The van der Waals surface area contributed by atoms with Crippen molar-refractivity contribution in [2.45, 2.75) is 52.9 Å². The van der Waals surface area contributed by atoms with Gasteiger partial charge in [-0.1, -0.05) is 30.3 Å². The van der Waals surface area contributed by atoms with Crippen molar-refractivity contribution in [3.8, 4) is 5.95 Å². The van der Waals surface area contributed by atoms with Crippen molar-refractivity contribution in [3.63, 3.8) is 0 Å². The predicted octanol–water partition coefficient (Wildman–Crippen LogP) is 4.96. The van der Waals surface area contributed by atoms with Gasteiger partial charge in [0.2, 0.25) is 0 Å². The summed E-state index contributed by atoms with van der Waals surface area (Å²) in [5.74, 6) is 1.46. The third kappa shape index (κ3) is 3.48. The maximum atomic E-state index is 6.05. The number of thiophene rings is 1. The molecule has 0 saturated heterocycles. The molecule has 4 heterocycles. The largest absolute Gasteiger partial charge is 0.370 e. The molecule has 5 rings (SSSR count). The smallest absolute Gasteiger partial charge is 0.254 e. The lowest BCUT2D eigenvalue weighted by Gasteiger charge is -2.30. The fraction of sp³-hybridized carbons (Fsp3) is 0.348. The van der Waals surface area contributed by atoms with E-state index in [0.717, 1.165) is 33.8 Å². The minimum Gasteiger partial charge on any atom is -0.370 e. The highest BCUT2D eigenvalue weighted by Crippen LogP contribution is 2.41. The summed E-state index contributed by atoms with van der Waals surface area (Å²) in [6.45, 7) is 9.62. The topological polar surface area (TPSA) is 64.9 Å². The van der Waals surface area contributed by atoms with Crippen LogP contribution in [0.5, 0.6) is 0 Å². The van der Waals surface area contributed by atoms with Crippen LogP contribution in [-0.4, -0.2) is 25.3 Å². The monoisotopic (exact) mass is 419 g/mol. The number of benzene rings is 1. The molecular formula is C23H25N5OS. The summed E-state index contributed by atoms with van der Waals surface area (Å²) < 4.78 is 7.87. The highest BCUT2D eigenvalue weighted by Gasteiger charge is 2.31. The number of nitrogens with one attached hydrogen (secondary N) is 1. The van der Waals surface area contributed by atoms with Gasteiger partial charge in [0.1, 0.15) is 10.6 Å². The molecule has 0 amide bonds. The summed E-state index contributed by atoms with van der Waals surface area (Å²) in [5.41, 5.74) is 4.31. The zero-order chi connectivity index (χ0) is 20.9. The summed E-state index contributed by atoms with van der Waals surface area (Å²) in [7, 11) is 0. The molecule has 4 aromatic rings. The lowest BCUT2D eigenvalue weighted by molar-refractivity contribution is -0.0379. The molecule has 6 nitrogen and oxygen atoms in total. The minimum atomic E-state index is -0.188. The van der Waals surface area contributed by atoms with E-state index in [2.05, 4.69) is 48.5 Å². The summed E-state index contributed by atoms with van der Waals surface area (Å²) in [4.78, 5) is 12.1. The quantitative estimate of drug-likeness (QED) is 0.507. The van der Waals surface area contributed by atoms with Gasteiger partial charge < -0.3 is 10.1 Å². The molecule has 1 aromatic carbocycles. The Morgan fingerprint density at radius 1 is 1.17 bits per heavy atom. The summed E-state index contributed by atoms with van der Waals surface area (Å²) in [6, 6.07) is 12.4. The van der Waals surface area contributed by atoms with Gasteiger partial charge in [-0.15, -0.1) is 11.3 Å². The number of ether oxygens (including phenoxy) is 1. The molecule has 154 valence electrons. The molecule has 0 fully saturated rings. The van der Waals surface area contributed by atoms with E-state index in [-0.39, 0.29) is 5.60 Å². The summed E-state index contributed by atoms with van der Waals surface area (Å²) in [5, 5.41) is 9.29. The Labute approximate surface area is 179 Å². The van der Waals surface area contributed by atoms with Gasteiger partial charge in [0.25, 0.3) is 5.95 Å². The van der Waals surface area contributed by atoms with Crippen molar-refractivity contribution in [2.75, 3.05) is 5.32 Å². The first-order chi connectivity index (χ1) is 14.4. The lowest BCUT2D eigenvalue weighted by atomic mass is 9.94. The van der Waals surface area contributed by atoms with Crippen LogP contribution in [0.2, 0.25) is 0 Å². The molecule has 1 aliphatic rings. The molecule has 0 bridgehead atoms. The number of nitrogens with zero attached hydrogens (tertiary/aromatic N) is 4. The fourth-order valence-corrected chi connectivity index (χ4v) is 5.07. The average molecular weight is 420 g/mol. The molecule has 0 saturated carbocycles. The third-order valence-electron chi connectivity index (χ3n) is 5.42. The Bertz CT molecular complexity index is 1230. The second-order valence-electron chi connectivity index (χ2n) is 8.46. The van der Waals surface area contributed by atoms with Gasteiger partial charge >= 0.3 is 0 Å². The predicted molar refractivity (Wildman–Crippen MR) is 120 cm³/mol. The third-order valence-corrected chi connectivity index (χ3v) is 6.52. The Hall–Kier alpha value is -2.77. The second-order valence-corrected chi connectivity index (χ2v) is 9.54. The van der Waals surface area contributed by atoms with E-state index in [4.69, 9.17) is 14.7 Å². The van der Waals surface area contributed by atoms with Crippen molar-refractivity contribution < 1.29 is 4.74 Å². The second kappa shape index (κ2) is 7.18. The molecule has 1 N–H and O–H groups in total. The SMILES string of the molecule is Cc1cc(C)n(-c2nc(NCc3ccccc3)c3c4c(sc3n2)COC(C)(C)C4)n1. The molecule has 7 heteroatoms. The van der Waals surface area contributed by atoms with Crippen molar-refractivity contribution in [1.29, 1.82) is 0 Å². The molecule has 0 spiro atoms. The number of aromatic nitrogens is 4. The van der Waals surface area contributed by atoms with E-state index in [0.29, 0.717) is 19.1 Å². The van der Waals surface area contributed by atoms with Crippen molar-refractivity contribution >= 4 is 27.4 Å². The van der Waals surface area contributed by atoms with E-state index in [1.807, 2.05) is 30.7 Å². The molecule has 30 heavy (non-hydrogen) atoms. The van der Waals surface area contributed by atoms with Gasteiger partial charge in [-0.3, -0.25) is 0 Å². The first kappa shape index (κ1) is 19.2. The maximum absolute atomic E-state index is 6.05. The van der Waals surface area contributed by atoms with E-state index in [1.54, 1.807) is 11.3 Å². The van der Waals surface area contributed by atoms with Gasteiger partial charge in [-0.2, -0.15) is 15.1 Å². The highest BCUT2D eigenvalue weighted by atomic mass is 32.1. The van der Waals surface area contributed by atoms with Crippen LogP contribution in [-0.2, 0) is 24.3 Å². The average Bonchev–Trinajstić information content (AvgIpc) is 3.24. The first-order valence-corrected chi connectivity index (χ1v) is 11.0. The zero-order valence-corrected chi connectivity index (χ0v) is 18.5. The highest BCUT2D eigenvalue weighted by molar-refractivity contribution is 7.19. The Balaban J connectivity index is 1.65. The van der Waals surface area contributed by atoms with E-state index in [1.165, 1.54) is 16.0 Å². The first-order valence-electron chi connectivity index (χ1n) is 10.2. The molecule has 1 aliphatic heterocycles. The van der Waals surface area contributed by atoms with Gasteiger partial charge in [0, 0.05) is 23.5 Å². The molecule has 3 aromatic heterocycles. The Morgan fingerprint density at radius 2 is 1.97 bits per heavy atom. The van der Waals surface area contributed by atoms with E-state index < -0.39 is 0 Å². The van der Waals surface area contributed by atoms with Crippen LogP contribution in [0, 0.1) is 13.8 Å². The van der Waals surface area contributed by atoms with Gasteiger partial charge in [0.05, 0.1) is 23.3 Å². The fourth-order valence-electron chi connectivity index (χ4n) is 3.97. The van der Waals surface area contributed by atoms with Crippen LogP contribution in [0.4, 0.5) is 5.82 Å². The normalized spacial score (nSPS) is 15.3.